The number of sulfonamides is 1. The fraction of sp³-hybridized carbons (Fsp3) is 0.269. The monoisotopic (exact) mass is 532 g/mol. The van der Waals surface area contributed by atoms with Gasteiger partial charge in [0.2, 0.25) is 15.9 Å². The van der Waals surface area contributed by atoms with Crippen molar-refractivity contribution in [1.29, 1.82) is 0 Å². The lowest BCUT2D eigenvalue weighted by molar-refractivity contribution is -0.116. The predicted octanol–water partition coefficient (Wildman–Crippen LogP) is 4.89. The molecule has 3 aromatic carbocycles. The lowest BCUT2D eigenvalue weighted by Gasteiger charge is -2.23. The van der Waals surface area contributed by atoms with Gasteiger partial charge in [0.05, 0.1) is 43.0 Å². The third-order valence-electron chi connectivity index (χ3n) is 5.35. The Hall–Kier alpha value is -3.27. The maximum Gasteiger partial charge on any atom is 0.243 e. The van der Waals surface area contributed by atoms with Crippen molar-refractivity contribution in [3.63, 3.8) is 0 Å². The van der Waals surface area contributed by atoms with Crippen molar-refractivity contribution in [2.24, 2.45) is 0 Å². The molecule has 192 valence electrons. The van der Waals surface area contributed by atoms with Crippen LogP contribution in [0.3, 0.4) is 0 Å². The molecule has 1 amide bonds. The lowest BCUT2D eigenvalue weighted by Crippen LogP contribution is -2.37. The van der Waals surface area contributed by atoms with Gasteiger partial charge in [0, 0.05) is 18.7 Å². The highest BCUT2D eigenvalue weighted by molar-refractivity contribution is 7.89. The van der Waals surface area contributed by atoms with Gasteiger partial charge < -0.3 is 19.5 Å². The number of benzene rings is 3. The van der Waals surface area contributed by atoms with E-state index in [1.807, 2.05) is 25.1 Å². The summed E-state index contributed by atoms with van der Waals surface area (Å²) >= 11 is 6.15. The molecule has 0 saturated carbocycles. The fourth-order valence-electron chi connectivity index (χ4n) is 3.57. The first-order valence-electron chi connectivity index (χ1n) is 11.2. The molecule has 8 nitrogen and oxygen atoms in total. The van der Waals surface area contributed by atoms with Gasteiger partial charge in [-0.15, -0.1) is 0 Å². The molecule has 0 saturated heterocycles. The van der Waals surface area contributed by atoms with Gasteiger partial charge in [0.25, 0.3) is 0 Å². The van der Waals surface area contributed by atoms with Gasteiger partial charge in [-0.25, -0.2) is 8.42 Å². The number of amides is 1. The molecule has 0 spiro atoms. The minimum absolute atomic E-state index is 0.00390. The number of carbonyl (C=O) groups is 1. The summed E-state index contributed by atoms with van der Waals surface area (Å²) in [6, 6.07) is 16.7. The van der Waals surface area contributed by atoms with Gasteiger partial charge in [-0.05, 0) is 43.2 Å². The minimum atomic E-state index is -4.04. The van der Waals surface area contributed by atoms with Crippen LogP contribution in [-0.4, -0.2) is 46.0 Å². The summed E-state index contributed by atoms with van der Waals surface area (Å²) in [7, 11) is -1.15. The Bertz CT molecular complexity index is 1320. The van der Waals surface area contributed by atoms with Crippen LogP contribution in [0.4, 0.5) is 5.69 Å². The standard InChI is InChI=1S/C26H29ClN2O6S/c1-5-35-23-12-11-20(13-18(23)2)36(31,32)29(16-19-9-7-6-8-10-19)17-26(30)28-22-15-24(33-3)21(27)14-25(22)34-4/h6-15H,5,16-17H2,1-4H3,(H,28,30). The van der Waals surface area contributed by atoms with Crippen LogP contribution in [0.1, 0.15) is 18.1 Å². The van der Waals surface area contributed by atoms with E-state index in [0.717, 1.165) is 9.87 Å². The topological polar surface area (TPSA) is 94.2 Å². The quantitative estimate of drug-likeness (QED) is 0.378. The van der Waals surface area contributed by atoms with E-state index in [9.17, 15) is 13.2 Å². The van der Waals surface area contributed by atoms with E-state index < -0.39 is 22.5 Å². The van der Waals surface area contributed by atoms with Crippen LogP contribution >= 0.6 is 11.6 Å². The number of methoxy groups -OCH3 is 2. The molecule has 0 bridgehead atoms. The summed E-state index contributed by atoms with van der Waals surface area (Å²) in [5, 5.41) is 3.02. The molecule has 0 unspecified atom stereocenters. The third kappa shape index (κ3) is 6.48. The Morgan fingerprint density at radius 3 is 2.28 bits per heavy atom. The molecule has 0 aliphatic rings. The van der Waals surface area contributed by atoms with Crippen LogP contribution in [-0.2, 0) is 21.4 Å². The molecule has 0 atom stereocenters. The van der Waals surface area contributed by atoms with Crippen molar-refractivity contribution in [2.75, 3.05) is 32.7 Å². The number of carbonyl (C=O) groups excluding carboxylic acids is 1. The van der Waals surface area contributed by atoms with Gasteiger partial charge in [-0.2, -0.15) is 4.31 Å². The number of anilines is 1. The highest BCUT2D eigenvalue weighted by Gasteiger charge is 2.28. The van der Waals surface area contributed by atoms with Gasteiger partial charge >= 0.3 is 0 Å². The highest BCUT2D eigenvalue weighted by atomic mass is 35.5. The summed E-state index contributed by atoms with van der Waals surface area (Å²) in [6.07, 6.45) is 0. The Labute approximate surface area is 216 Å². The zero-order chi connectivity index (χ0) is 26.3. The number of hydrogen-bond donors (Lipinski definition) is 1. The van der Waals surface area contributed by atoms with E-state index in [1.54, 1.807) is 31.2 Å². The number of hydrogen-bond acceptors (Lipinski definition) is 6. The van der Waals surface area contributed by atoms with E-state index in [4.69, 9.17) is 25.8 Å². The SMILES string of the molecule is CCOc1ccc(S(=O)(=O)N(CC(=O)Nc2cc(OC)c(Cl)cc2OC)Cc2ccccc2)cc1C. The van der Waals surface area contributed by atoms with E-state index >= 15 is 0 Å². The number of aryl methyl sites for hydroxylation is 1. The fourth-order valence-corrected chi connectivity index (χ4v) is 5.27. The predicted molar refractivity (Wildman–Crippen MR) is 140 cm³/mol. The van der Waals surface area contributed by atoms with E-state index in [-0.39, 0.29) is 11.4 Å². The van der Waals surface area contributed by atoms with E-state index in [0.29, 0.717) is 40.1 Å². The summed E-state index contributed by atoms with van der Waals surface area (Å²) in [4.78, 5) is 13.2. The first-order valence-corrected chi connectivity index (χ1v) is 13.0. The summed E-state index contributed by atoms with van der Waals surface area (Å²) in [6.45, 7) is 3.67. The summed E-state index contributed by atoms with van der Waals surface area (Å²) in [5.74, 6) is 0.701. The van der Waals surface area contributed by atoms with Crippen molar-refractivity contribution in [2.45, 2.75) is 25.3 Å². The van der Waals surface area contributed by atoms with Crippen LogP contribution < -0.4 is 19.5 Å². The molecule has 0 aliphatic carbocycles. The van der Waals surface area contributed by atoms with Crippen molar-refractivity contribution < 1.29 is 27.4 Å². The summed E-state index contributed by atoms with van der Waals surface area (Å²) in [5.41, 5.74) is 1.72. The molecular weight excluding hydrogens is 504 g/mol. The average molecular weight is 533 g/mol. The zero-order valence-corrected chi connectivity index (χ0v) is 22.2. The second-order valence-corrected chi connectivity index (χ2v) is 10.2. The lowest BCUT2D eigenvalue weighted by atomic mass is 10.2. The second-order valence-electron chi connectivity index (χ2n) is 7.85. The molecule has 0 radical (unpaired) electrons. The molecule has 0 heterocycles. The largest absolute Gasteiger partial charge is 0.495 e. The third-order valence-corrected chi connectivity index (χ3v) is 7.44. The molecule has 3 aromatic rings. The van der Waals surface area contributed by atoms with Crippen LogP contribution in [0.5, 0.6) is 17.2 Å². The van der Waals surface area contributed by atoms with Crippen molar-refractivity contribution >= 4 is 33.2 Å². The Morgan fingerprint density at radius 2 is 1.67 bits per heavy atom. The number of nitrogens with one attached hydrogen (secondary N) is 1. The smallest absolute Gasteiger partial charge is 0.243 e. The number of rotatable bonds is 11. The van der Waals surface area contributed by atoms with Crippen molar-refractivity contribution in [1.82, 2.24) is 4.31 Å². The Morgan fingerprint density at radius 1 is 0.972 bits per heavy atom. The molecule has 0 fully saturated rings. The maximum atomic E-state index is 13.7. The zero-order valence-electron chi connectivity index (χ0n) is 20.6. The van der Waals surface area contributed by atoms with Crippen LogP contribution in [0.2, 0.25) is 5.02 Å². The van der Waals surface area contributed by atoms with Crippen LogP contribution in [0.15, 0.2) is 65.6 Å². The molecule has 1 N–H and O–H groups in total. The van der Waals surface area contributed by atoms with Crippen LogP contribution in [0, 0.1) is 6.92 Å². The molecular formula is C26H29ClN2O6S. The average Bonchev–Trinajstić information content (AvgIpc) is 2.86. The van der Waals surface area contributed by atoms with E-state index in [2.05, 4.69) is 5.32 Å². The number of nitrogens with zero attached hydrogens (tertiary/aromatic N) is 1. The molecule has 0 aromatic heterocycles. The first-order chi connectivity index (χ1) is 17.2. The Balaban J connectivity index is 1.93. The number of ether oxygens (including phenoxy) is 3. The molecule has 36 heavy (non-hydrogen) atoms. The van der Waals surface area contributed by atoms with Crippen LogP contribution in [0.25, 0.3) is 0 Å². The first kappa shape index (κ1) is 27.3. The van der Waals surface area contributed by atoms with Gasteiger partial charge in [-0.3, -0.25) is 4.79 Å². The highest BCUT2D eigenvalue weighted by Crippen LogP contribution is 2.36. The molecule has 3 rings (SSSR count). The molecule has 10 heteroatoms. The summed E-state index contributed by atoms with van der Waals surface area (Å²) < 4.78 is 44.5. The number of halogens is 1. The molecule has 0 aliphatic heterocycles. The maximum absolute atomic E-state index is 13.7. The second kappa shape index (κ2) is 12.1. The van der Waals surface area contributed by atoms with Crippen molar-refractivity contribution in [3.8, 4) is 17.2 Å². The Kier molecular flexibility index (Phi) is 9.19. The van der Waals surface area contributed by atoms with Gasteiger partial charge in [0.15, 0.2) is 0 Å². The van der Waals surface area contributed by atoms with Gasteiger partial charge in [-0.1, -0.05) is 41.9 Å². The van der Waals surface area contributed by atoms with Crippen molar-refractivity contribution in [3.05, 3.63) is 76.8 Å². The minimum Gasteiger partial charge on any atom is -0.495 e. The normalized spacial score (nSPS) is 11.3. The van der Waals surface area contributed by atoms with E-state index in [1.165, 1.54) is 32.4 Å². The van der Waals surface area contributed by atoms with Gasteiger partial charge in [0.1, 0.15) is 17.2 Å².